The Morgan fingerprint density at radius 2 is 2.18 bits per heavy atom. The molecule has 0 aromatic carbocycles. The highest BCUT2D eigenvalue weighted by Crippen LogP contribution is 2.21. The minimum absolute atomic E-state index is 0.0377. The van der Waals surface area contributed by atoms with Crippen LogP contribution in [0.15, 0.2) is 40.5 Å². The molecule has 1 N–H and O–H groups in total. The van der Waals surface area contributed by atoms with E-state index < -0.39 is 0 Å². The van der Waals surface area contributed by atoms with E-state index in [0.29, 0.717) is 12.1 Å². The number of rotatable bonds is 4. The first-order valence-electron chi connectivity index (χ1n) is 6.84. The van der Waals surface area contributed by atoms with E-state index in [4.69, 9.17) is 0 Å². The molecule has 0 aliphatic rings. The van der Waals surface area contributed by atoms with Crippen molar-refractivity contribution >= 4 is 17.1 Å². The molecule has 0 amide bonds. The molecule has 3 aromatic rings. The molecule has 0 saturated heterocycles. The monoisotopic (exact) mass is 313 g/mol. The van der Waals surface area contributed by atoms with Crippen molar-refractivity contribution in [3.05, 3.63) is 73.6 Å². The lowest BCUT2D eigenvalue weighted by Gasteiger charge is -2.06. The Labute approximate surface area is 131 Å². The van der Waals surface area contributed by atoms with Crippen LogP contribution in [-0.2, 0) is 13.5 Å². The molecule has 5 nitrogen and oxygen atoms in total. The smallest absolute Gasteiger partial charge is 0.264 e. The fourth-order valence-corrected chi connectivity index (χ4v) is 3.17. The van der Waals surface area contributed by atoms with Crippen LogP contribution in [0.5, 0.6) is 0 Å². The van der Waals surface area contributed by atoms with Gasteiger partial charge in [0, 0.05) is 25.2 Å². The van der Waals surface area contributed by atoms with E-state index in [1.165, 1.54) is 17.4 Å². The summed E-state index contributed by atoms with van der Waals surface area (Å²) in [6, 6.07) is 8.86. The number of thiophene rings is 1. The van der Waals surface area contributed by atoms with Crippen LogP contribution in [0.1, 0.15) is 32.3 Å². The van der Waals surface area contributed by atoms with Crippen LogP contribution in [-0.4, -0.2) is 20.5 Å². The van der Waals surface area contributed by atoms with Gasteiger partial charge in [0.1, 0.15) is 0 Å². The van der Waals surface area contributed by atoms with Crippen LogP contribution >= 0.6 is 11.3 Å². The summed E-state index contributed by atoms with van der Waals surface area (Å²) >= 11 is 1.44. The summed E-state index contributed by atoms with van der Waals surface area (Å²) in [5.74, 6) is 0.0377. The van der Waals surface area contributed by atoms with Crippen LogP contribution in [0, 0.1) is 6.92 Å². The first-order valence-corrected chi connectivity index (χ1v) is 7.72. The highest BCUT2D eigenvalue weighted by Gasteiger charge is 2.19. The maximum Gasteiger partial charge on any atom is 0.264 e. The van der Waals surface area contributed by atoms with Crippen molar-refractivity contribution < 1.29 is 4.79 Å². The van der Waals surface area contributed by atoms with Crippen molar-refractivity contribution in [1.82, 2.24) is 14.8 Å². The zero-order chi connectivity index (χ0) is 15.7. The standard InChI is InChI=1S/C16H15N3O2S/c1-10-8-12(9-11-5-6-14(20)18-17-11)19(2)15(10)16(21)13-4-3-7-22-13/h3-8H,9H2,1-2H3,(H,18,20). The molecule has 3 rings (SSSR count). The molecule has 0 aliphatic heterocycles. The molecule has 0 aliphatic carbocycles. The number of carbonyl (C=O) groups excluding carboxylic acids is 1. The van der Waals surface area contributed by atoms with E-state index in [0.717, 1.165) is 21.8 Å². The normalized spacial score (nSPS) is 10.8. The van der Waals surface area contributed by atoms with E-state index in [9.17, 15) is 9.59 Å². The van der Waals surface area contributed by atoms with Gasteiger partial charge in [0.05, 0.1) is 16.3 Å². The predicted molar refractivity (Wildman–Crippen MR) is 85.6 cm³/mol. The number of hydrogen-bond donors (Lipinski definition) is 1. The second kappa shape index (κ2) is 5.73. The summed E-state index contributed by atoms with van der Waals surface area (Å²) in [5.41, 5.74) is 3.16. The van der Waals surface area contributed by atoms with Crippen molar-refractivity contribution in [2.75, 3.05) is 0 Å². The van der Waals surface area contributed by atoms with Gasteiger partial charge in [-0.05, 0) is 36.1 Å². The van der Waals surface area contributed by atoms with Crippen molar-refractivity contribution in [2.24, 2.45) is 7.05 Å². The van der Waals surface area contributed by atoms with Crippen LogP contribution in [0.2, 0.25) is 0 Å². The van der Waals surface area contributed by atoms with Crippen molar-refractivity contribution in [2.45, 2.75) is 13.3 Å². The van der Waals surface area contributed by atoms with Crippen molar-refractivity contribution in [3.8, 4) is 0 Å². The third-order valence-electron chi connectivity index (χ3n) is 3.58. The molecule has 3 aromatic heterocycles. The van der Waals surface area contributed by atoms with Gasteiger partial charge in [0.2, 0.25) is 5.78 Å². The zero-order valence-electron chi connectivity index (χ0n) is 12.3. The Morgan fingerprint density at radius 3 is 2.82 bits per heavy atom. The summed E-state index contributed by atoms with van der Waals surface area (Å²) < 4.78 is 1.91. The number of nitrogens with one attached hydrogen (secondary N) is 1. The second-order valence-electron chi connectivity index (χ2n) is 5.12. The molecule has 0 atom stereocenters. The van der Waals surface area contributed by atoms with Gasteiger partial charge in [-0.25, -0.2) is 5.10 Å². The summed E-state index contributed by atoms with van der Waals surface area (Å²) in [6.45, 7) is 1.94. The van der Waals surface area contributed by atoms with Gasteiger partial charge in [-0.15, -0.1) is 11.3 Å². The molecule has 0 radical (unpaired) electrons. The lowest BCUT2D eigenvalue weighted by Crippen LogP contribution is -2.11. The van der Waals surface area contributed by atoms with Gasteiger partial charge in [-0.3, -0.25) is 9.59 Å². The third kappa shape index (κ3) is 2.65. The molecule has 3 heterocycles. The van der Waals surface area contributed by atoms with Crippen molar-refractivity contribution in [1.29, 1.82) is 0 Å². The maximum atomic E-state index is 12.6. The fourth-order valence-electron chi connectivity index (χ4n) is 2.51. The Hall–Kier alpha value is -2.47. The van der Waals surface area contributed by atoms with Crippen LogP contribution in [0.3, 0.4) is 0 Å². The minimum Gasteiger partial charge on any atom is -0.344 e. The quantitative estimate of drug-likeness (QED) is 0.752. The highest BCUT2D eigenvalue weighted by atomic mass is 32.1. The lowest BCUT2D eigenvalue weighted by molar-refractivity contribution is 0.103. The lowest BCUT2D eigenvalue weighted by atomic mass is 10.1. The Bertz CT molecular complexity index is 855. The fraction of sp³-hybridized carbons (Fsp3) is 0.188. The molecular weight excluding hydrogens is 298 g/mol. The number of hydrogen-bond acceptors (Lipinski definition) is 4. The second-order valence-corrected chi connectivity index (χ2v) is 6.07. The van der Waals surface area contributed by atoms with Gasteiger partial charge in [-0.1, -0.05) is 6.07 Å². The molecule has 0 fully saturated rings. The van der Waals surface area contributed by atoms with Gasteiger partial charge < -0.3 is 4.57 Å². The van der Waals surface area contributed by atoms with Gasteiger partial charge >= 0.3 is 0 Å². The Kier molecular flexibility index (Phi) is 3.77. The molecule has 0 bridgehead atoms. The molecular formula is C16H15N3O2S. The molecule has 0 saturated carbocycles. The molecule has 6 heteroatoms. The largest absolute Gasteiger partial charge is 0.344 e. The van der Waals surface area contributed by atoms with E-state index in [1.54, 1.807) is 6.07 Å². The molecule has 0 spiro atoms. The number of aromatic nitrogens is 3. The van der Waals surface area contributed by atoms with Crippen LogP contribution in [0.25, 0.3) is 0 Å². The molecule has 112 valence electrons. The van der Waals surface area contributed by atoms with Gasteiger partial charge in [0.15, 0.2) is 0 Å². The maximum absolute atomic E-state index is 12.6. The van der Waals surface area contributed by atoms with E-state index in [2.05, 4.69) is 10.2 Å². The van der Waals surface area contributed by atoms with Gasteiger partial charge in [-0.2, -0.15) is 5.10 Å². The van der Waals surface area contributed by atoms with E-state index >= 15 is 0 Å². The summed E-state index contributed by atoms with van der Waals surface area (Å²) in [7, 11) is 1.88. The van der Waals surface area contributed by atoms with Crippen molar-refractivity contribution in [3.63, 3.8) is 0 Å². The number of aryl methyl sites for hydroxylation is 1. The SMILES string of the molecule is Cc1cc(Cc2ccc(=O)[nH]n2)n(C)c1C(=O)c1cccs1. The number of carbonyl (C=O) groups is 1. The molecule has 0 unspecified atom stereocenters. The average molecular weight is 313 g/mol. The number of ketones is 1. The predicted octanol–water partition coefficient (Wildman–Crippen LogP) is 2.30. The average Bonchev–Trinajstić information content (AvgIpc) is 3.11. The summed E-state index contributed by atoms with van der Waals surface area (Å²) in [4.78, 5) is 24.4. The van der Waals surface area contributed by atoms with Crippen LogP contribution in [0.4, 0.5) is 0 Å². The Balaban J connectivity index is 1.95. The topological polar surface area (TPSA) is 67.8 Å². The first-order chi connectivity index (χ1) is 10.6. The minimum atomic E-state index is -0.222. The number of H-pyrrole nitrogens is 1. The number of nitrogens with zero attached hydrogens (tertiary/aromatic N) is 2. The van der Waals surface area contributed by atoms with E-state index in [1.807, 2.05) is 42.1 Å². The number of aromatic amines is 1. The zero-order valence-corrected chi connectivity index (χ0v) is 13.1. The highest BCUT2D eigenvalue weighted by molar-refractivity contribution is 7.12. The third-order valence-corrected chi connectivity index (χ3v) is 4.45. The molecule has 22 heavy (non-hydrogen) atoms. The first kappa shape index (κ1) is 14.5. The van der Waals surface area contributed by atoms with E-state index in [-0.39, 0.29) is 11.3 Å². The van der Waals surface area contributed by atoms with Crippen LogP contribution < -0.4 is 5.56 Å². The summed E-state index contributed by atoms with van der Waals surface area (Å²) in [5, 5.41) is 8.34. The summed E-state index contributed by atoms with van der Waals surface area (Å²) in [6.07, 6.45) is 0.561. The Morgan fingerprint density at radius 1 is 1.36 bits per heavy atom. The van der Waals surface area contributed by atoms with Gasteiger partial charge in [0.25, 0.3) is 5.56 Å².